The molecule has 1 saturated carbocycles. The normalized spacial score (nSPS) is 24.1. The molecular weight excluding hydrogens is 182 g/mol. The number of halogens is 2. The van der Waals surface area contributed by atoms with E-state index in [9.17, 15) is 8.78 Å². The molecule has 1 fully saturated rings. The Morgan fingerprint density at radius 2 is 2.00 bits per heavy atom. The fourth-order valence-corrected chi connectivity index (χ4v) is 1.44. The van der Waals surface area contributed by atoms with Crippen LogP contribution in [-0.2, 0) is 0 Å². The van der Waals surface area contributed by atoms with Gasteiger partial charge in [0.15, 0.2) is 0 Å². The zero-order chi connectivity index (χ0) is 10.2. The summed E-state index contributed by atoms with van der Waals surface area (Å²) in [6.07, 6.45) is 3.42. The van der Waals surface area contributed by atoms with Gasteiger partial charge in [-0.3, -0.25) is 0 Å². The second kappa shape index (κ2) is 3.19. The van der Waals surface area contributed by atoms with E-state index < -0.39 is 11.8 Å². The molecule has 1 aromatic rings. The zero-order valence-electron chi connectivity index (χ0n) is 8.00. The average molecular weight is 194 g/mol. The highest BCUT2D eigenvalue weighted by Gasteiger charge is 2.54. The van der Waals surface area contributed by atoms with E-state index >= 15 is 0 Å². The minimum absolute atomic E-state index is 0.00931. The van der Waals surface area contributed by atoms with Gasteiger partial charge in [0.25, 0.3) is 5.92 Å². The van der Waals surface area contributed by atoms with Gasteiger partial charge in [0, 0.05) is 12.3 Å². The van der Waals surface area contributed by atoms with Crippen molar-refractivity contribution in [3.05, 3.63) is 41.5 Å². The van der Waals surface area contributed by atoms with Gasteiger partial charge in [0.1, 0.15) is 0 Å². The number of aryl methyl sites for hydroxylation is 1. The predicted molar refractivity (Wildman–Crippen MR) is 53.3 cm³/mol. The molecule has 0 aliphatic heterocycles. The van der Waals surface area contributed by atoms with Crippen LogP contribution < -0.4 is 0 Å². The molecule has 14 heavy (non-hydrogen) atoms. The number of hydrogen-bond acceptors (Lipinski definition) is 0. The third-order valence-corrected chi connectivity index (χ3v) is 2.57. The molecule has 0 radical (unpaired) electrons. The standard InChI is InChI=1S/C12H12F2/c1-9-4-2-3-5-10(9)6-7-11-8-12(11,13)14/h2-7,11H,8H2,1H3/b7-6+. The molecule has 0 aromatic heterocycles. The van der Waals surface area contributed by atoms with Gasteiger partial charge in [-0.1, -0.05) is 36.4 Å². The molecule has 0 bridgehead atoms. The first-order valence-electron chi connectivity index (χ1n) is 4.71. The van der Waals surface area contributed by atoms with Crippen LogP contribution in [-0.4, -0.2) is 5.92 Å². The Kier molecular flexibility index (Phi) is 2.14. The highest BCUT2D eigenvalue weighted by Crippen LogP contribution is 2.49. The minimum atomic E-state index is -2.45. The van der Waals surface area contributed by atoms with Crippen LogP contribution in [0.4, 0.5) is 8.78 Å². The third kappa shape index (κ3) is 1.84. The van der Waals surface area contributed by atoms with E-state index in [-0.39, 0.29) is 6.42 Å². The number of hydrogen-bond donors (Lipinski definition) is 0. The molecule has 0 spiro atoms. The first-order valence-corrected chi connectivity index (χ1v) is 4.71. The van der Waals surface area contributed by atoms with Crippen molar-refractivity contribution in [2.24, 2.45) is 5.92 Å². The number of benzene rings is 1. The Morgan fingerprint density at radius 3 is 2.57 bits per heavy atom. The highest BCUT2D eigenvalue weighted by molar-refractivity contribution is 5.54. The summed E-state index contributed by atoms with van der Waals surface area (Å²) in [6, 6.07) is 7.77. The summed E-state index contributed by atoms with van der Waals surface area (Å²) in [5.74, 6) is -2.98. The van der Waals surface area contributed by atoms with Crippen LogP contribution in [0.25, 0.3) is 6.08 Å². The Labute approximate surface area is 82.3 Å². The maximum Gasteiger partial charge on any atom is 0.255 e. The molecule has 2 heteroatoms. The van der Waals surface area contributed by atoms with Gasteiger partial charge in [-0.05, 0) is 18.1 Å². The molecular formula is C12H12F2. The quantitative estimate of drug-likeness (QED) is 0.674. The van der Waals surface area contributed by atoms with Crippen molar-refractivity contribution < 1.29 is 8.78 Å². The Hall–Kier alpha value is -1.18. The van der Waals surface area contributed by atoms with E-state index in [1.165, 1.54) is 0 Å². The third-order valence-electron chi connectivity index (χ3n) is 2.57. The van der Waals surface area contributed by atoms with Crippen molar-refractivity contribution in [3.63, 3.8) is 0 Å². The van der Waals surface area contributed by atoms with Gasteiger partial charge >= 0.3 is 0 Å². The topological polar surface area (TPSA) is 0 Å². The average Bonchev–Trinajstić information content (AvgIpc) is 2.73. The van der Waals surface area contributed by atoms with E-state index in [1.807, 2.05) is 31.2 Å². The predicted octanol–water partition coefficient (Wildman–Crippen LogP) is 3.66. The first kappa shape index (κ1) is 9.38. The summed E-state index contributed by atoms with van der Waals surface area (Å²) in [6.45, 7) is 1.98. The summed E-state index contributed by atoms with van der Waals surface area (Å²) in [5.41, 5.74) is 2.14. The summed E-state index contributed by atoms with van der Waals surface area (Å²) in [4.78, 5) is 0. The molecule has 0 N–H and O–H groups in total. The van der Waals surface area contributed by atoms with Crippen molar-refractivity contribution in [1.82, 2.24) is 0 Å². The second-order valence-corrected chi connectivity index (χ2v) is 3.79. The molecule has 0 nitrogen and oxygen atoms in total. The molecule has 0 saturated heterocycles. The smallest absolute Gasteiger partial charge is 0.206 e. The molecule has 0 heterocycles. The van der Waals surface area contributed by atoms with Crippen LogP contribution in [0.5, 0.6) is 0 Å². The lowest BCUT2D eigenvalue weighted by Crippen LogP contribution is -1.89. The van der Waals surface area contributed by atoms with Crippen LogP contribution in [0.15, 0.2) is 30.3 Å². The molecule has 1 aromatic carbocycles. The second-order valence-electron chi connectivity index (χ2n) is 3.79. The number of alkyl halides is 2. The van der Waals surface area contributed by atoms with Crippen LogP contribution in [0, 0.1) is 12.8 Å². The number of allylic oxidation sites excluding steroid dienone is 1. The zero-order valence-corrected chi connectivity index (χ0v) is 8.00. The fraction of sp³-hybridized carbons (Fsp3) is 0.333. The summed E-state index contributed by atoms with van der Waals surface area (Å²) in [7, 11) is 0. The van der Waals surface area contributed by atoms with Crippen LogP contribution in [0.2, 0.25) is 0 Å². The Balaban J connectivity index is 2.08. The van der Waals surface area contributed by atoms with Crippen molar-refractivity contribution in [2.45, 2.75) is 19.3 Å². The number of rotatable bonds is 2. The van der Waals surface area contributed by atoms with Crippen LogP contribution in [0.1, 0.15) is 17.5 Å². The Morgan fingerprint density at radius 1 is 1.36 bits per heavy atom. The van der Waals surface area contributed by atoms with E-state index in [2.05, 4.69) is 0 Å². The summed E-state index contributed by atoms with van der Waals surface area (Å²) in [5, 5.41) is 0. The monoisotopic (exact) mass is 194 g/mol. The SMILES string of the molecule is Cc1ccccc1/C=C/C1CC1(F)F. The van der Waals surface area contributed by atoms with Gasteiger partial charge < -0.3 is 0 Å². The van der Waals surface area contributed by atoms with Crippen molar-refractivity contribution in [1.29, 1.82) is 0 Å². The van der Waals surface area contributed by atoms with Crippen molar-refractivity contribution in [2.75, 3.05) is 0 Å². The van der Waals surface area contributed by atoms with E-state index in [1.54, 1.807) is 12.2 Å². The highest BCUT2D eigenvalue weighted by atomic mass is 19.3. The van der Waals surface area contributed by atoms with Crippen molar-refractivity contribution >= 4 is 6.08 Å². The molecule has 1 unspecified atom stereocenters. The van der Waals surface area contributed by atoms with Gasteiger partial charge in [-0.25, -0.2) is 8.78 Å². The summed E-state index contributed by atoms with van der Waals surface area (Å²) < 4.78 is 25.1. The van der Waals surface area contributed by atoms with E-state index in [0.717, 1.165) is 11.1 Å². The maximum atomic E-state index is 12.5. The van der Waals surface area contributed by atoms with Gasteiger partial charge in [-0.2, -0.15) is 0 Å². The Bertz CT molecular complexity index is 366. The molecule has 2 rings (SSSR count). The molecule has 1 aliphatic carbocycles. The molecule has 1 aliphatic rings. The van der Waals surface area contributed by atoms with E-state index in [4.69, 9.17) is 0 Å². The van der Waals surface area contributed by atoms with Gasteiger partial charge in [-0.15, -0.1) is 0 Å². The maximum absolute atomic E-state index is 12.5. The largest absolute Gasteiger partial charge is 0.255 e. The first-order chi connectivity index (χ1) is 6.59. The lowest BCUT2D eigenvalue weighted by Gasteiger charge is -1.97. The molecule has 0 amide bonds. The van der Waals surface area contributed by atoms with Crippen molar-refractivity contribution in [3.8, 4) is 0 Å². The lowest BCUT2D eigenvalue weighted by atomic mass is 10.1. The summed E-state index contributed by atoms with van der Waals surface area (Å²) >= 11 is 0. The van der Waals surface area contributed by atoms with E-state index in [0.29, 0.717) is 0 Å². The van der Waals surface area contributed by atoms with Crippen LogP contribution >= 0.6 is 0 Å². The lowest BCUT2D eigenvalue weighted by molar-refractivity contribution is 0.107. The minimum Gasteiger partial charge on any atom is -0.206 e. The molecule has 1 atom stereocenters. The van der Waals surface area contributed by atoms with Crippen LogP contribution in [0.3, 0.4) is 0 Å². The van der Waals surface area contributed by atoms with Gasteiger partial charge in [0.05, 0.1) is 0 Å². The fourth-order valence-electron chi connectivity index (χ4n) is 1.44. The molecule has 74 valence electrons. The van der Waals surface area contributed by atoms with Gasteiger partial charge in [0.2, 0.25) is 0 Å².